The lowest BCUT2D eigenvalue weighted by atomic mass is 10.1. The lowest BCUT2D eigenvalue weighted by molar-refractivity contribution is -0.123. The van der Waals surface area contributed by atoms with E-state index >= 15 is 0 Å². The SMILES string of the molecule is CCCCCCC(C)NC(C)C(=O)NC(C)C. The molecule has 0 spiro atoms. The third kappa shape index (κ3) is 9.16. The Morgan fingerprint density at radius 3 is 2.24 bits per heavy atom. The van der Waals surface area contributed by atoms with E-state index in [-0.39, 0.29) is 18.0 Å². The van der Waals surface area contributed by atoms with Crippen molar-refractivity contribution in [3.63, 3.8) is 0 Å². The van der Waals surface area contributed by atoms with Crippen molar-refractivity contribution in [3.8, 4) is 0 Å². The molecule has 17 heavy (non-hydrogen) atoms. The highest BCUT2D eigenvalue weighted by Crippen LogP contribution is 2.05. The van der Waals surface area contributed by atoms with E-state index in [0.717, 1.165) is 6.42 Å². The van der Waals surface area contributed by atoms with Gasteiger partial charge in [-0.05, 0) is 34.1 Å². The van der Waals surface area contributed by atoms with Crippen molar-refractivity contribution in [1.29, 1.82) is 0 Å². The second-order valence-electron chi connectivity index (χ2n) is 5.30. The molecule has 3 heteroatoms. The van der Waals surface area contributed by atoms with Crippen molar-refractivity contribution in [1.82, 2.24) is 10.6 Å². The highest BCUT2D eigenvalue weighted by molar-refractivity contribution is 5.81. The maximum Gasteiger partial charge on any atom is 0.237 e. The van der Waals surface area contributed by atoms with E-state index in [9.17, 15) is 4.79 Å². The Kier molecular flexibility index (Phi) is 9.14. The lowest BCUT2D eigenvalue weighted by Crippen LogP contribution is -2.47. The fourth-order valence-electron chi connectivity index (χ4n) is 1.87. The van der Waals surface area contributed by atoms with E-state index < -0.39 is 0 Å². The van der Waals surface area contributed by atoms with E-state index in [1.54, 1.807) is 0 Å². The summed E-state index contributed by atoms with van der Waals surface area (Å²) in [7, 11) is 0. The average molecular weight is 242 g/mol. The number of rotatable bonds is 9. The molecule has 3 nitrogen and oxygen atoms in total. The van der Waals surface area contributed by atoms with Crippen LogP contribution >= 0.6 is 0 Å². The van der Waals surface area contributed by atoms with Crippen LogP contribution in [-0.4, -0.2) is 24.0 Å². The second-order valence-corrected chi connectivity index (χ2v) is 5.30. The largest absolute Gasteiger partial charge is 0.353 e. The number of amides is 1. The number of carbonyl (C=O) groups excluding carboxylic acids is 1. The molecule has 0 saturated carbocycles. The van der Waals surface area contributed by atoms with Gasteiger partial charge >= 0.3 is 0 Å². The third-order valence-corrected chi connectivity index (χ3v) is 2.85. The van der Waals surface area contributed by atoms with Crippen LogP contribution in [0.4, 0.5) is 0 Å². The number of carbonyl (C=O) groups is 1. The molecule has 0 fully saturated rings. The van der Waals surface area contributed by atoms with Crippen LogP contribution in [0.1, 0.15) is 66.7 Å². The van der Waals surface area contributed by atoms with Crippen LogP contribution in [0.15, 0.2) is 0 Å². The smallest absolute Gasteiger partial charge is 0.237 e. The number of unbranched alkanes of at least 4 members (excludes halogenated alkanes) is 3. The van der Waals surface area contributed by atoms with Crippen LogP contribution in [0.3, 0.4) is 0 Å². The van der Waals surface area contributed by atoms with Crippen LogP contribution in [0.25, 0.3) is 0 Å². The molecule has 0 bridgehead atoms. The minimum Gasteiger partial charge on any atom is -0.353 e. The van der Waals surface area contributed by atoms with Gasteiger partial charge in [-0.15, -0.1) is 0 Å². The first-order chi connectivity index (χ1) is 7.97. The molecule has 0 aromatic rings. The fourth-order valence-corrected chi connectivity index (χ4v) is 1.87. The molecule has 1 amide bonds. The molecule has 2 atom stereocenters. The zero-order valence-electron chi connectivity index (χ0n) is 12.2. The Morgan fingerprint density at radius 2 is 1.71 bits per heavy atom. The molecule has 0 aromatic carbocycles. The van der Waals surface area contributed by atoms with Crippen molar-refractivity contribution in [2.45, 2.75) is 84.8 Å². The van der Waals surface area contributed by atoms with Gasteiger partial charge in [0.1, 0.15) is 0 Å². The Bertz CT molecular complexity index is 204. The predicted octanol–water partition coefficient (Wildman–Crippen LogP) is 2.85. The molecular weight excluding hydrogens is 212 g/mol. The molecule has 0 aromatic heterocycles. The molecular formula is C14H30N2O. The van der Waals surface area contributed by atoms with Gasteiger partial charge in [0.15, 0.2) is 0 Å². The number of hydrogen-bond acceptors (Lipinski definition) is 2. The van der Waals surface area contributed by atoms with Gasteiger partial charge in [0.2, 0.25) is 5.91 Å². The first-order valence-corrected chi connectivity index (χ1v) is 7.03. The summed E-state index contributed by atoms with van der Waals surface area (Å²) in [5.41, 5.74) is 0. The summed E-state index contributed by atoms with van der Waals surface area (Å²) in [6.07, 6.45) is 6.29. The van der Waals surface area contributed by atoms with Crippen molar-refractivity contribution in [2.24, 2.45) is 0 Å². The Hall–Kier alpha value is -0.570. The minimum absolute atomic E-state index is 0.0976. The van der Waals surface area contributed by atoms with Crippen LogP contribution < -0.4 is 10.6 Å². The molecule has 0 aliphatic rings. The molecule has 2 N–H and O–H groups in total. The molecule has 0 aliphatic carbocycles. The van der Waals surface area contributed by atoms with E-state index in [0.29, 0.717) is 6.04 Å². The predicted molar refractivity (Wildman–Crippen MR) is 74.1 cm³/mol. The van der Waals surface area contributed by atoms with Crippen LogP contribution in [0.5, 0.6) is 0 Å². The number of nitrogens with one attached hydrogen (secondary N) is 2. The van der Waals surface area contributed by atoms with E-state index in [1.165, 1.54) is 25.7 Å². The molecule has 0 rings (SSSR count). The Labute approximate surface area is 107 Å². The quantitative estimate of drug-likeness (QED) is 0.610. The highest BCUT2D eigenvalue weighted by atomic mass is 16.2. The molecule has 0 heterocycles. The summed E-state index contributed by atoms with van der Waals surface area (Å²) in [4.78, 5) is 11.7. The first kappa shape index (κ1) is 16.4. The standard InChI is InChI=1S/C14H30N2O/c1-6-7-8-9-10-12(4)16-13(5)14(17)15-11(2)3/h11-13,16H,6-10H2,1-5H3,(H,15,17). The van der Waals surface area contributed by atoms with Gasteiger partial charge in [-0.2, -0.15) is 0 Å². The summed E-state index contributed by atoms with van der Waals surface area (Å²) in [6, 6.07) is 0.532. The van der Waals surface area contributed by atoms with Crippen LogP contribution in [0.2, 0.25) is 0 Å². The van der Waals surface area contributed by atoms with E-state index in [2.05, 4.69) is 24.5 Å². The van der Waals surface area contributed by atoms with E-state index in [4.69, 9.17) is 0 Å². The van der Waals surface area contributed by atoms with Crippen molar-refractivity contribution >= 4 is 5.91 Å². The summed E-state index contributed by atoms with van der Waals surface area (Å²) >= 11 is 0. The van der Waals surface area contributed by atoms with Gasteiger partial charge < -0.3 is 10.6 Å². The monoisotopic (exact) mass is 242 g/mol. The maximum absolute atomic E-state index is 11.7. The minimum atomic E-state index is -0.0985. The van der Waals surface area contributed by atoms with Gasteiger partial charge in [0.25, 0.3) is 0 Å². The summed E-state index contributed by atoms with van der Waals surface area (Å²) < 4.78 is 0. The third-order valence-electron chi connectivity index (χ3n) is 2.85. The average Bonchev–Trinajstić information content (AvgIpc) is 2.23. The Morgan fingerprint density at radius 1 is 1.06 bits per heavy atom. The van der Waals surface area contributed by atoms with Gasteiger partial charge in [0.05, 0.1) is 6.04 Å². The topological polar surface area (TPSA) is 41.1 Å². The van der Waals surface area contributed by atoms with Gasteiger partial charge in [-0.3, -0.25) is 4.79 Å². The van der Waals surface area contributed by atoms with Gasteiger partial charge in [0, 0.05) is 12.1 Å². The zero-order valence-corrected chi connectivity index (χ0v) is 12.2. The highest BCUT2D eigenvalue weighted by Gasteiger charge is 2.15. The number of hydrogen-bond donors (Lipinski definition) is 2. The molecule has 0 aliphatic heterocycles. The first-order valence-electron chi connectivity index (χ1n) is 7.03. The molecule has 102 valence electrons. The molecule has 0 radical (unpaired) electrons. The van der Waals surface area contributed by atoms with E-state index in [1.807, 2.05) is 20.8 Å². The summed E-state index contributed by atoms with van der Waals surface area (Å²) in [5.74, 6) is 0.0976. The molecule has 2 unspecified atom stereocenters. The van der Waals surface area contributed by atoms with Crippen LogP contribution in [-0.2, 0) is 4.79 Å². The summed E-state index contributed by atoms with van der Waals surface area (Å²) in [6.45, 7) is 10.3. The van der Waals surface area contributed by atoms with Crippen molar-refractivity contribution < 1.29 is 4.79 Å². The molecule has 0 saturated heterocycles. The normalized spacial score (nSPS) is 14.7. The lowest BCUT2D eigenvalue weighted by Gasteiger charge is -2.20. The Balaban J connectivity index is 3.71. The van der Waals surface area contributed by atoms with Gasteiger partial charge in [-0.1, -0.05) is 32.6 Å². The van der Waals surface area contributed by atoms with Crippen LogP contribution in [0, 0.1) is 0 Å². The van der Waals surface area contributed by atoms with Crippen molar-refractivity contribution in [2.75, 3.05) is 0 Å². The zero-order chi connectivity index (χ0) is 13.3. The van der Waals surface area contributed by atoms with Gasteiger partial charge in [-0.25, -0.2) is 0 Å². The second kappa shape index (κ2) is 9.46. The summed E-state index contributed by atoms with van der Waals surface area (Å²) in [5, 5.41) is 6.27. The fraction of sp³-hybridized carbons (Fsp3) is 0.929. The van der Waals surface area contributed by atoms with Crippen molar-refractivity contribution in [3.05, 3.63) is 0 Å². The maximum atomic E-state index is 11.7.